The van der Waals surface area contributed by atoms with Gasteiger partial charge in [-0.15, -0.1) is 53.6 Å². The average Bonchev–Trinajstić information content (AvgIpc) is 3.48. The number of aromatic nitrogens is 2. The number of nitrogens with zero attached hydrogens (tertiary/aromatic N) is 2. The summed E-state index contributed by atoms with van der Waals surface area (Å²) in [6, 6.07) is 36.3. The normalized spacial score (nSPS) is 11.8. The van der Waals surface area contributed by atoms with Gasteiger partial charge in [0.25, 0.3) is 0 Å². The summed E-state index contributed by atoms with van der Waals surface area (Å²) in [6.45, 7) is 24.8. The molecule has 0 fully saturated rings. The third-order valence-electron chi connectivity index (χ3n) is 9.75. The van der Waals surface area contributed by atoms with Gasteiger partial charge in [0.15, 0.2) is 0 Å². The van der Waals surface area contributed by atoms with E-state index in [2.05, 4.69) is 170 Å². The Hall–Kier alpha value is -4.15. The molecule has 0 N–H and O–H groups in total. The molecule has 0 spiro atoms. The van der Waals surface area contributed by atoms with E-state index in [9.17, 15) is 0 Å². The number of furan rings is 1. The van der Waals surface area contributed by atoms with Gasteiger partial charge in [0.2, 0.25) is 0 Å². The van der Waals surface area contributed by atoms with Crippen molar-refractivity contribution in [2.45, 2.75) is 86.4 Å². The van der Waals surface area contributed by atoms with Crippen LogP contribution in [0.4, 0.5) is 0 Å². The van der Waals surface area contributed by atoms with Crippen molar-refractivity contribution in [2.24, 2.45) is 0 Å². The van der Waals surface area contributed by atoms with Crippen LogP contribution in [0.25, 0.3) is 55.6 Å². The Morgan fingerprint density at radius 1 is 0.769 bits per heavy atom. The van der Waals surface area contributed by atoms with Crippen molar-refractivity contribution in [3.05, 3.63) is 137 Å². The van der Waals surface area contributed by atoms with Crippen molar-refractivity contribution < 1.29 is 24.5 Å². The minimum atomic E-state index is -1.34. The second-order valence-corrected chi connectivity index (χ2v) is 21.2. The van der Waals surface area contributed by atoms with E-state index in [1.165, 1.54) is 38.6 Å². The first-order valence-corrected chi connectivity index (χ1v) is 21.5. The molecule has 52 heavy (non-hydrogen) atoms. The molecule has 0 bridgehead atoms. The molecule has 0 aliphatic heterocycles. The van der Waals surface area contributed by atoms with Crippen LogP contribution in [0.15, 0.2) is 102 Å². The molecule has 269 valence electrons. The minimum Gasteiger partial charge on any atom is -0.501 e. The SMILES string of the molecule is CC(C)c1cc(-c2[c-]cccc2)ncc1[Si](C)(C)C.Cc1cccc(C)c1-c1ccc2c(c1)oc1c(-c3cc(C(C)(C)C)ccn3)[c-]cc(C)c12.[Ir]. The van der Waals surface area contributed by atoms with Crippen LogP contribution in [0.1, 0.15) is 68.4 Å². The maximum Gasteiger partial charge on any atom is 0.121 e. The Kier molecular flexibility index (Phi) is 11.6. The van der Waals surface area contributed by atoms with Gasteiger partial charge in [0.1, 0.15) is 5.58 Å². The maximum atomic E-state index is 6.51. The molecular weight excluding hydrogens is 829 g/mol. The molecule has 7 aromatic rings. The van der Waals surface area contributed by atoms with Crippen LogP contribution < -0.4 is 5.19 Å². The third-order valence-corrected chi connectivity index (χ3v) is 11.8. The van der Waals surface area contributed by atoms with Crippen molar-refractivity contribution in [1.29, 1.82) is 0 Å². The van der Waals surface area contributed by atoms with Crippen LogP contribution in [0.2, 0.25) is 19.6 Å². The summed E-state index contributed by atoms with van der Waals surface area (Å²) < 4.78 is 6.51. The zero-order valence-corrected chi connectivity index (χ0v) is 35.8. The van der Waals surface area contributed by atoms with Crippen LogP contribution in [-0.2, 0) is 25.5 Å². The summed E-state index contributed by atoms with van der Waals surface area (Å²) in [4.78, 5) is 9.33. The molecule has 3 heterocycles. The van der Waals surface area contributed by atoms with Gasteiger partial charge in [-0.3, -0.25) is 0 Å². The first-order valence-electron chi connectivity index (χ1n) is 18.0. The monoisotopic (exact) mass is 879 g/mol. The fourth-order valence-corrected chi connectivity index (χ4v) is 8.59. The number of benzene rings is 4. The Morgan fingerprint density at radius 3 is 2.13 bits per heavy atom. The molecule has 5 heteroatoms. The van der Waals surface area contributed by atoms with E-state index in [0.29, 0.717) is 5.92 Å². The first-order chi connectivity index (χ1) is 24.1. The van der Waals surface area contributed by atoms with E-state index in [4.69, 9.17) is 4.42 Å². The molecule has 3 nitrogen and oxygen atoms in total. The number of fused-ring (bicyclic) bond motifs is 3. The van der Waals surface area contributed by atoms with Gasteiger partial charge in [0.05, 0.1) is 13.7 Å². The molecule has 1 radical (unpaired) electrons. The number of hydrogen-bond acceptors (Lipinski definition) is 3. The van der Waals surface area contributed by atoms with Gasteiger partial charge >= 0.3 is 0 Å². The summed E-state index contributed by atoms with van der Waals surface area (Å²) in [5.74, 6) is 0.534. The molecule has 3 aromatic heterocycles. The first kappa shape index (κ1) is 39.1. The Bertz CT molecular complexity index is 2320. The van der Waals surface area contributed by atoms with E-state index in [1.54, 1.807) is 0 Å². The van der Waals surface area contributed by atoms with E-state index in [1.807, 2.05) is 24.4 Å². The van der Waals surface area contributed by atoms with Crippen LogP contribution >= 0.6 is 0 Å². The molecule has 0 unspecified atom stereocenters. The van der Waals surface area contributed by atoms with Gasteiger partial charge in [-0.2, -0.15) is 0 Å². The number of hydrogen-bond donors (Lipinski definition) is 0. The van der Waals surface area contributed by atoms with Gasteiger partial charge in [0, 0.05) is 37.9 Å². The Balaban J connectivity index is 0.000000225. The summed E-state index contributed by atoms with van der Waals surface area (Å²) in [5, 5.41) is 3.75. The zero-order valence-electron chi connectivity index (χ0n) is 32.5. The van der Waals surface area contributed by atoms with E-state index in [-0.39, 0.29) is 25.5 Å². The molecule has 0 saturated heterocycles. The maximum absolute atomic E-state index is 6.51. The minimum absolute atomic E-state index is 0. The topological polar surface area (TPSA) is 38.9 Å². The van der Waals surface area contributed by atoms with Crippen molar-refractivity contribution in [3.8, 4) is 33.6 Å². The summed E-state index contributed by atoms with van der Waals surface area (Å²) in [7, 11) is -1.34. The van der Waals surface area contributed by atoms with E-state index in [0.717, 1.165) is 50.0 Å². The fourth-order valence-electron chi connectivity index (χ4n) is 6.91. The summed E-state index contributed by atoms with van der Waals surface area (Å²) >= 11 is 0. The van der Waals surface area contributed by atoms with Gasteiger partial charge < -0.3 is 14.4 Å². The van der Waals surface area contributed by atoms with E-state index < -0.39 is 8.07 Å². The second kappa shape index (κ2) is 15.4. The van der Waals surface area contributed by atoms with Crippen LogP contribution in [0.3, 0.4) is 0 Å². The number of pyridine rings is 2. The van der Waals surface area contributed by atoms with Crippen LogP contribution in [0.5, 0.6) is 0 Å². The van der Waals surface area contributed by atoms with Crippen molar-refractivity contribution in [1.82, 2.24) is 9.97 Å². The molecule has 0 atom stereocenters. The summed E-state index contributed by atoms with van der Waals surface area (Å²) in [5.41, 5.74) is 14.6. The van der Waals surface area contributed by atoms with Gasteiger partial charge in [-0.25, -0.2) is 0 Å². The van der Waals surface area contributed by atoms with E-state index >= 15 is 0 Å². The molecule has 0 aliphatic carbocycles. The predicted octanol–water partition coefficient (Wildman–Crippen LogP) is 12.6. The van der Waals surface area contributed by atoms with Gasteiger partial charge in [-0.05, 0) is 81.7 Å². The smallest absolute Gasteiger partial charge is 0.121 e. The summed E-state index contributed by atoms with van der Waals surface area (Å²) in [6.07, 6.45) is 3.98. The van der Waals surface area contributed by atoms with Crippen molar-refractivity contribution in [2.75, 3.05) is 0 Å². The molecular formula is C47H50IrN2OSi-2. The van der Waals surface area contributed by atoms with Crippen LogP contribution in [-0.4, -0.2) is 18.0 Å². The quantitative estimate of drug-likeness (QED) is 0.128. The molecule has 7 rings (SSSR count). The number of aryl methyl sites for hydroxylation is 3. The van der Waals surface area contributed by atoms with Crippen LogP contribution in [0, 0.1) is 32.9 Å². The van der Waals surface area contributed by atoms with Gasteiger partial charge in [-0.1, -0.05) is 120 Å². The predicted molar refractivity (Wildman–Crippen MR) is 220 cm³/mol. The third kappa shape index (κ3) is 8.08. The fraction of sp³-hybridized carbons (Fsp3) is 0.277. The standard InChI is InChI=1S/C30H28NO.C17H22NSi.Ir/c1-18-8-7-9-19(2)27(18)21-11-13-24-26(16-21)32-29-23(12-10-20(3)28(24)29)25-17-22(14-15-31-25)30(4,5)6;1-13(2)15-11-16(14-9-7-6-8-10-14)18-12-17(15)19(3,4)5;/h7-11,13-17H,1-6H3;6-9,11-13H,1-5H3;/q2*-1;. The Labute approximate surface area is 325 Å². The largest absolute Gasteiger partial charge is 0.501 e. The molecule has 4 aromatic carbocycles. The molecule has 0 aliphatic rings. The van der Waals surface area contributed by atoms with Crippen molar-refractivity contribution in [3.63, 3.8) is 0 Å². The molecule has 0 amide bonds. The molecule has 0 saturated carbocycles. The Morgan fingerprint density at radius 2 is 1.50 bits per heavy atom. The number of rotatable bonds is 5. The average molecular weight is 879 g/mol. The van der Waals surface area contributed by atoms with Crippen molar-refractivity contribution >= 4 is 35.2 Å². The zero-order chi connectivity index (χ0) is 36.7. The second-order valence-electron chi connectivity index (χ2n) is 16.1.